The normalized spacial score (nSPS) is 11.1. The molecule has 1 aromatic carbocycles. The Hall–Kier alpha value is -1.94. The number of fused-ring (bicyclic) bond motifs is 1. The van der Waals surface area contributed by atoms with Crippen LogP contribution in [0.5, 0.6) is 0 Å². The number of aryl methyl sites for hydroxylation is 2. The first-order valence-corrected chi connectivity index (χ1v) is 5.99. The Balaban J connectivity index is 2.29. The van der Waals surface area contributed by atoms with Crippen molar-refractivity contribution in [3.05, 3.63) is 46.9 Å². The van der Waals surface area contributed by atoms with Crippen LogP contribution in [-0.2, 0) is 0 Å². The van der Waals surface area contributed by atoms with Crippen molar-refractivity contribution in [2.75, 3.05) is 0 Å². The molecule has 0 aliphatic heterocycles. The van der Waals surface area contributed by atoms with Gasteiger partial charge in [0.2, 0.25) is 0 Å². The fraction of sp³-hybridized carbons (Fsp3) is 0.154. The molecule has 0 saturated carbocycles. The van der Waals surface area contributed by atoms with Crippen LogP contribution in [0, 0.1) is 13.8 Å². The van der Waals surface area contributed by atoms with Gasteiger partial charge in [-0.25, -0.2) is 14.6 Å². The molecule has 3 aromatic rings. The SMILES string of the molecule is Cc1cc(C)n(-c2nc3ccccc3nc2Cl)n1. The molecule has 0 amide bonds. The summed E-state index contributed by atoms with van der Waals surface area (Å²) in [5, 5.41) is 4.74. The van der Waals surface area contributed by atoms with E-state index < -0.39 is 0 Å². The third-order valence-corrected chi connectivity index (χ3v) is 2.97. The van der Waals surface area contributed by atoms with Gasteiger partial charge in [0.15, 0.2) is 11.0 Å². The van der Waals surface area contributed by atoms with E-state index in [0.717, 1.165) is 22.4 Å². The van der Waals surface area contributed by atoms with Gasteiger partial charge in [-0.15, -0.1) is 0 Å². The molecular formula is C13H11ClN4. The summed E-state index contributed by atoms with van der Waals surface area (Å²) in [6.07, 6.45) is 0. The molecular weight excluding hydrogens is 248 g/mol. The van der Waals surface area contributed by atoms with Crippen molar-refractivity contribution < 1.29 is 0 Å². The summed E-state index contributed by atoms with van der Waals surface area (Å²) in [6.45, 7) is 3.90. The molecule has 0 spiro atoms. The fourth-order valence-corrected chi connectivity index (χ4v) is 2.16. The van der Waals surface area contributed by atoms with Crippen LogP contribution in [0.25, 0.3) is 16.9 Å². The number of para-hydroxylation sites is 2. The maximum Gasteiger partial charge on any atom is 0.192 e. The smallest absolute Gasteiger partial charge is 0.192 e. The Kier molecular flexibility index (Phi) is 2.52. The van der Waals surface area contributed by atoms with E-state index in [0.29, 0.717) is 11.0 Å². The highest BCUT2D eigenvalue weighted by Gasteiger charge is 2.12. The lowest BCUT2D eigenvalue weighted by Gasteiger charge is -2.06. The maximum atomic E-state index is 6.18. The molecule has 2 heterocycles. The predicted molar refractivity (Wildman–Crippen MR) is 71.1 cm³/mol. The monoisotopic (exact) mass is 258 g/mol. The first kappa shape index (κ1) is 11.2. The van der Waals surface area contributed by atoms with E-state index in [1.54, 1.807) is 4.68 Å². The van der Waals surface area contributed by atoms with Gasteiger partial charge < -0.3 is 0 Å². The van der Waals surface area contributed by atoms with Crippen LogP contribution in [0.2, 0.25) is 5.15 Å². The van der Waals surface area contributed by atoms with Crippen LogP contribution in [0.1, 0.15) is 11.4 Å². The zero-order valence-corrected chi connectivity index (χ0v) is 10.8. The summed E-state index contributed by atoms with van der Waals surface area (Å²) in [7, 11) is 0. The zero-order valence-electron chi connectivity index (χ0n) is 10.1. The van der Waals surface area contributed by atoms with Crippen molar-refractivity contribution >= 4 is 22.6 Å². The summed E-state index contributed by atoms with van der Waals surface area (Å²) >= 11 is 6.18. The maximum absolute atomic E-state index is 6.18. The highest BCUT2D eigenvalue weighted by atomic mass is 35.5. The number of aromatic nitrogens is 4. The molecule has 0 bridgehead atoms. The topological polar surface area (TPSA) is 43.6 Å². The van der Waals surface area contributed by atoms with Gasteiger partial charge in [0.25, 0.3) is 0 Å². The predicted octanol–water partition coefficient (Wildman–Crippen LogP) is 3.09. The van der Waals surface area contributed by atoms with Crippen molar-refractivity contribution in [2.45, 2.75) is 13.8 Å². The number of hydrogen-bond donors (Lipinski definition) is 0. The van der Waals surface area contributed by atoms with Gasteiger partial charge in [-0.1, -0.05) is 23.7 Å². The molecule has 3 rings (SSSR count). The fourth-order valence-electron chi connectivity index (χ4n) is 1.95. The van der Waals surface area contributed by atoms with E-state index in [4.69, 9.17) is 11.6 Å². The van der Waals surface area contributed by atoms with Gasteiger partial charge >= 0.3 is 0 Å². The van der Waals surface area contributed by atoms with Gasteiger partial charge in [0.05, 0.1) is 16.7 Å². The van der Waals surface area contributed by atoms with Crippen LogP contribution < -0.4 is 0 Å². The van der Waals surface area contributed by atoms with Crippen LogP contribution in [0.3, 0.4) is 0 Å². The molecule has 0 N–H and O–H groups in total. The Bertz CT molecular complexity index is 733. The molecule has 18 heavy (non-hydrogen) atoms. The average molecular weight is 259 g/mol. The number of benzene rings is 1. The molecule has 0 aliphatic carbocycles. The van der Waals surface area contributed by atoms with Crippen molar-refractivity contribution in [3.63, 3.8) is 0 Å². The van der Waals surface area contributed by atoms with E-state index >= 15 is 0 Å². The second kappa shape index (κ2) is 4.07. The molecule has 2 aromatic heterocycles. The minimum absolute atomic E-state index is 0.361. The molecule has 0 atom stereocenters. The van der Waals surface area contributed by atoms with Gasteiger partial charge in [-0.3, -0.25) is 0 Å². The van der Waals surface area contributed by atoms with E-state index in [2.05, 4.69) is 15.1 Å². The zero-order chi connectivity index (χ0) is 12.7. The first-order chi connectivity index (χ1) is 8.65. The van der Waals surface area contributed by atoms with Gasteiger partial charge in [-0.2, -0.15) is 5.10 Å². The third-order valence-electron chi connectivity index (χ3n) is 2.72. The van der Waals surface area contributed by atoms with Crippen LogP contribution in [0.4, 0.5) is 0 Å². The Morgan fingerprint density at radius 2 is 1.72 bits per heavy atom. The first-order valence-electron chi connectivity index (χ1n) is 5.61. The van der Waals surface area contributed by atoms with Gasteiger partial charge in [0, 0.05) is 5.69 Å². The largest absolute Gasteiger partial charge is 0.231 e. The lowest BCUT2D eigenvalue weighted by Crippen LogP contribution is -2.04. The highest BCUT2D eigenvalue weighted by Crippen LogP contribution is 2.21. The number of hydrogen-bond acceptors (Lipinski definition) is 3. The van der Waals surface area contributed by atoms with Crippen molar-refractivity contribution in [2.24, 2.45) is 0 Å². The van der Waals surface area contributed by atoms with Gasteiger partial charge in [-0.05, 0) is 32.0 Å². The summed E-state index contributed by atoms with van der Waals surface area (Å²) < 4.78 is 1.72. The second-order valence-electron chi connectivity index (χ2n) is 4.17. The Morgan fingerprint density at radius 3 is 2.33 bits per heavy atom. The summed E-state index contributed by atoms with van der Waals surface area (Å²) in [5.41, 5.74) is 3.51. The number of nitrogens with zero attached hydrogens (tertiary/aromatic N) is 4. The van der Waals surface area contributed by atoms with E-state index in [9.17, 15) is 0 Å². The van der Waals surface area contributed by atoms with Crippen LogP contribution in [-0.4, -0.2) is 19.7 Å². The van der Waals surface area contributed by atoms with E-state index in [1.807, 2.05) is 44.2 Å². The van der Waals surface area contributed by atoms with E-state index in [-0.39, 0.29) is 0 Å². The van der Waals surface area contributed by atoms with Crippen molar-refractivity contribution in [3.8, 4) is 5.82 Å². The minimum Gasteiger partial charge on any atom is -0.231 e. The molecule has 4 nitrogen and oxygen atoms in total. The molecule has 90 valence electrons. The Labute approximate surface area is 109 Å². The summed E-state index contributed by atoms with van der Waals surface area (Å²) in [5.74, 6) is 0.570. The van der Waals surface area contributed by atoms with Crippen molar-refractivity contribution in [1.29, 1.82) is 0 Å². The van der Waals surface area contributed by atoms with Gasteiger partial charge in [0.1, 0.15) is 0 Å². The van der Waals surface area contributed by atoms with Crippen LogP contribution >= 0.6 is 11.6 Å². The molecule has 5 heteroatoms. The molecule has 0 fully saturated rings. The average Bonchev–Trinajstić information content (AvgIpc) is 2.67. The minimum atomic E-state index is 0.361. The number of halogens is 1. The Morgan fingerprint density at radius 1 is 1.06 bits per heavy atom. The third kappa shape index (κ3) is 1.75. The lowest BCUT2D eigenvalue weighted by atomic mass is 10.3. The van der Waals surface area contributed by atoms with E-state index in [1.165, 1.54) is 0 Å². The second-order valence-corrected chi connectivity index (χ2v) is 4.52. The summed E-state index contributed by atoms with van der Waals surface area (Å²) in [4.78, 5) is 8.87. The molecule has 0 unspecified atom stereocenters. The number of rotatable bonds is 1. The standard InChI is InChI=1S/C13H11ClN4/c1-8-7-9(2)18(17-8)13-12(14)15-10-5-3-4-6-11(10)16-13/h3-7H,1-2H3. The summed E-state index contributed by atoms with van der Waals surface area (Å²) in [6, 6.07) is 9.62. The molecule has 0 aliphatic rings. The molecule has 0 radical (unpaired) electrons. The highest BCUT2D eigenvalue weighted by molar-refractivity contribution is 6.31. The quantitative estimate of drug-likeness (QED) is 0.674. The van der Waals surface area contributed by atoms with Crippen LogP contribution in [0.15, 0.2) is 30.3 Å². The molecule has 0 saturated heterocycles. The van der Waals surface area contributed by atoms with Crippen molar-refractivity contribution in [1.82, 2.24) is 19.7 Å². The lowest BCUT2D eigenvalue weighted by molar-refractivity contribution is 0.806.